The summed E-state index contributed by atoms with van der Waals surface area (Å²) in [5, 5.41) is 15.3. The Bertz CT molecular complexity index is 1350. The molecule has 1 N–H and O–H groups in total. The van der Waals surface area contributed by atoms with Crippen molar-refractivity contribution < 1.29 is 19.0 Å². The summed E-state index contributed by atoms with van der Waals surface area (Å²) in [6.45, 7) is 2.15. The van der Waals surface area contributed by atoms with Crippen molar-refractivity contribution in [3.8, 4) is 11.4 Å². The minimum atomic E-state index is -0.942. The number of rotatable bonds is 3. The molecule has 0 fully saturated rings. The average Bonchev–Trinajstić information content (AvgIpc) is 3.11. The molecule has 0 atom stereocenters. The lowest BCUT2D eigenvalue weighted by molar-refractivity contribution is -0.132. The van der Waals surface area contributed by atoms with E-state index in [4.69, 9.17) is 4.74 Å². The van der Waals surface area contributed by atoms with Crippen molar-refractivity contribution in [1.29, 1.82) is 0 Å². The average molecular weight is 414 g/mol. The fourth-order valence-electron chi connectivity index (χ4n) is 4.12. The van der Waals surface area contributed by atoms with Gasteiger partial charge in [0.05, 0.1) is 17.4 Å². The molecule has 3 aromatic carbocycles. The lowest BCUT2D eigenvalue weighted by atomic mass is 9.88. The van der Waals surface area contributed by atoms with E-state index in [2.05, 4.69) is 5.10 Å². The van der Waals surface area contributed by atoms with Gasteiger partial charge in [0.25, 0.3) is 0 Å². The number of hydrogen-bond acceptors (Lipinski definition) is 3. The third-order valence-corrected chi connectivity index (χ3v) is 5.59. The van der Waals surface area contributed by atoms with Gasteiger partial charge in [0.15, 0.2) is 0 Å². The van der Waals surface area contributed by atoms with Crippen LogP contribution >= 0.6 is 0 Å². The fourth-order valence-corrected chi connectivity index (χ4v) is 4.12. The summed E-state index contributed by atoms with van der Waals surface area (Å²) in [7, 11) is 0. The van der Waals surface area contributed by atoms with Gasteiger partial charge in [-0.25, -0.2) is 13.9 Å². The number of carbonyl (C=O) groups is 1. The summed E-state index contributed by atoms with van der Waals surface area (Å²) < 4.78 is 21.2. The first-order valence-corrected chi connectivity index (χ1v) is 10.0. The molecule has 0 radical (unpaired) electrons. The van der Waals surface area contributed by atoms with Crippen LogP contribution in [0.15, 0.2) is 72.4 Å². The van der Waals surface area contributed by atoms with E-state index in [1.165, 1.54) is 12.1 Å². The number of aliphatic carboxylic acids is 1. The Kier molecular flexibility index (Phi) is 4.55. The molecule has 154 valence electrons. The first kappa shape index (κ1) is 19.1. The fraction of sp³-hybridized carbons (Fsp3) is 0.120. The zero-order valence-corrected chi connectivity index (χ0v) is 16.8. The number of carboxylic acids is 1. The largest absolute Gasteiger partial charge is 0.488 e. The summed E-state index contributed by atoms with van der Waals surface area (Å²) >= 11 is 0. The van der Waals surface area contributed by atoms with Gasteiger partial charge in [-0.15, -0.1) is 0 Å². The van der Waals surface area contributed by atoms with Crippen molar-refractivity contribution in [3.05, 3.63) is 94.9 Å². The molecule has 1 aliphatic heterocycles. The number of nitrogens with zero attached hydrogens (tertiary/aromatic N) is 2. The maximum absolute atomic E-state index is 13.4. The highest BCUT2D eigenvalue weighted by Gasteiger charge is 2.25. The molecule has 6 heteroatoms. The van der Waals surface area contributed by atoms with E-state index in [1.807, 2.05) is 43.3 Å². The minimum Gasteiger partial charge on any atom is -0.488 e. The molecule has 0 bridgehead atoms. The zero-order chi connectivity index (χ0) is 21.5. The van der Waals surface area contributed by atoms with Gasteiger partial charge >= 0.3 is 5.97 Å². The van der Waals surface area contributed by atoms with Gasteiger partial charge in [-0.2, -0.15) is 5.10 Å². The summed E-state index contributed by atoms with van der Waals surface area (Å²) in [4.78, 5) is 12.1. The standard InChI is InChI=1S/C25H19FN2O3/c1-2-19(25(29)30)24-20-5-3-4-6-23(20)31-14-16-12-22-15(11-21(16)24)13-27-28(22)18-9-7-17(26)8-10-18/h3-13H,2,14H2,1H3,(H,29,30)/b24-19+. The summed E-state index contributed by atoms with van der Waals surface area (Å²) in [6, 6.07) is 17.6. The molecule has 0 saturated carbocycles. The molecule has 1 aliphatic rings. The first-order chi connectivity index (χ1) is 15.1. The van der Waals surface area contributed by atoms with Crippen LogP contribution in [0.4, 0.5) is 4.39 Å². The second-order valence-electron chi connectivity index (χ2n) is 7.40. The lowest BCUT2D eigenvalue weighted by Crippen LogP contribution is -2.05. The lowest BCUT2D eigenvalue weighted by Gasteiger charge is -2.14. The molecule has 5 rings (SSSR count). The normalized spacial score (nSPS) is 14.4. The van der Waals surface area contributed by atoms with Gasteiger partial charge in [-0.05, 0) is 60.0 Å². The van der Waals surface area contributed by atoms with Gasteiger partial charge in [-0.1, -0.05) is 25.1 Å². The molecule has 2 heterocycles. The Labute approximate surface area is 178 Å². The molecular formula is C25H19FN2O3. The number of ether oxygens (including phenoxy) is 1. The van der Waals surface area contributed by atoms with Crippen LogP contribution in [-0.4, -0.2) is 20.9 Å². The van der Waals surface area contributed by atoms with Crippen LogP contribution < -0.4 is 4.74 Å². The molecule has 31 heavy (non-hydrogen) atoms. The molecule has 5 nitrogen and oxygen atoms in total. The molecule has 0 unspecified atom stereocenters. The summed E-state index contributed by atoms with van der Waals surface area (Å²) in [5.41, 5.74) is 5.06. The quantitative estimate of drug-likeness (QED) is 0.459. The predicted molar refractivity (Wildman–Crippen MR) is 116 cm³/mol. The topological polar surface area (TPSA) is 64.3 Å². The number of halogens is 1. The molecule has 0 amide bonds. The van der Waals surface area contributed by atoms with Gasteiger partial charge in [-0.3, -0.25) is 0 Å². The van der Waals surface area contributed by atoms with Crippen molar-refractivity contribution in [3.63, 3.8) is 0 Å². The van der Waals surface area contributed by atoms with Crippen LogP contribution in [0, 0.1) is 5.82 Å². The molecular weight excluding hydrogens is 395 g/mol. The highest BCUT2D eigenvalue weighted by Crippen LogP contribution is 2.41. The number of hydrogen-bond donors (Lipinski definition) is 1. The van der Waals surface area contributed by atoms with E-state index < -0.39 is 5.97 Å². The van der Waals surface area contributed by atoms with Crippen LogP contribution in [0.25, 0.3) is 22.2 Å². The van der Waals surface area contributed by atoms with Crippen LogP contribution in [0.2, 0.25) is 0 Å². The van der Waals surface area contributed by atoms with Crippen LogP contribution in [0.5, 0.6) is 5.75 Å². The highest BCUT2D eigenvalue weighted by atomic mass is 19.1. The zero-order valence-electron chi connectivity index (χ0n) is 16.8. The van der Waals surface area contributed by atoms with Crippen LogP contribution in [0.1, 0.15) is 30.0 Å². The first-order valence-electron chi connectivity index (χ1n) is 10.0. The number of benzene rings is 3. The molecule has 0 aliphatic carbocycles. The van der Waals surface area contributed by atoms with E-state index in [0.717, 1.165) is 33.3 Å². The SMILES string of the molecule is CC/C(C(=O)O)=C1\c2cc3cnn(-c4ccc(F)cc4)c3cc2COc2ccccc21. The van der Waals surface area contributed by atoms with E-state index in [9.17, 15) is 14.3 Å². The summed E-state index contributed by atoms with van der Waals surface area (Å²) in [6.07, 6.45) is 2.12. The second kappa shape index (κ2) is 7.40. The van der Waals surface area contributed by atoms with Crippen LogP contribution in [-0.2, 0) is 11.4 Å². The molecule has 4 aromatic rings. The number of para-hydroxylation sites is 1. The van der Waals surface area contributed by atoms with Crippen LogP contribution in [0.3, 0.4) is 0 Å². The van der Waals surface area contributed by atoms with Crippen molar-refractivity contribution in [1.82, 2.24) is 9.78 Å². The number of carboxylic acid groups (broad SMARTS) is 1. The predicted octanol–water partition coefficient (Wildman–Crippen LogP) is 5.35. The van der Waals surface area contributed by atoms with E-state index in [1.54, 1.807) is 23.0 Å². The van der Waals surface area contributed by atoms with E-state index in [-0.39, 0.29) is 5.82 Å². The van der Waals surface area contributed by atoms with Gasteiger partial charge in [0.1, 0.15) is 18.2 Å². The Hall–Kier alpha value is -3.93. The van der Waals surface area contributed by atoms with Gasteiger partial charge < -0.3 is 9.84 Å². The number of fused-ring (bicyclic) bond motifs is 3. The maximum atomic E-state index is 13.4. The monoisotopic (exact) mass is 414 g/mol. The van der Waals surface area contributed by atoms with E-state index in [0.29, 0.717) is 29.9 Å². The summed E-state index contributed by atoms with van der Waals surface area (Å²) in [5.74, 6) is -0.594. The molecule has 0 spiro atoms. The Balaban J connectivity index is 1.78. The Morgan fingerprint density at radius 1 is 1.13 bits per heavy atom. The van der Waals surface area contributed by atoms with Gasteiger partial charge in [0.2, 0.25) is 0 Å². The molecule has 0 saturated heterocycles. The van der Waals surface area contributed by atoms with Crippen molar-refractivity contribution in [2.45, 2.75) is 20.0 Å². The smallest absolute Gasteiger partial charge is 0.332 e. The highest BCUT2D eigenvalue weighted by molar-refractivity contribution is 6.03. The Morgan fingerprint density at radius 2 is 1.90 bits per heavy atom. The van der Waals surface area contributed by atoms with Gasteiger partial charge in [0, 0.05) is 22.1 Å². The second-order valence-corrected chi connectivity index (χ2v) is 7.40. The van der Waals surface area contributed by atoms with E-state index >= 15 is 0 Å². The van der Waals surface area contributed by atoms with Crippen molar-refractivity contribution in [2.75, 3.05) is 0 Å². The third kappa shape index (κ3) is 3.17. The maximum Gasteiger partial charge on any atom is 0.332 e. The number of aromatic nitrogens is 2. The molecule has 1 aromatic heterocycles. The Morgan fingerprint density at radius 3 is 2.65 bits per heavy atom. The minimum absolute atomic E-state index is 0.303. The third-order valence-electron chi connectivity index (χ3n) is 5.59. The van der Waals surface area contributed by atoms with Crippen molar-refractivity contribution >= 4 is 22.4 Å². The van der Waals surface area contributed by atoms with Crippen molar-refractivity contribution in [2.24, 2.45) is 0 Å².